The van der Waals surface area contributed by atoms with E-state index in [4.69, 9.17) is 4.74 Å². The van der Waals surface area contributed by atoms with Gasteiger partial charge in [-0.05, 0) is 51.2 Å². The zero-order valence-electron chi connectivity index (χ0n) is 15.5. The highest BCUT2D eigenvalue weighted by Gasteiger charge is 2.21. The van der Waals surface area contributed by atoms with Crippen molar-refractivity contribution in [1.29, 1.82) is 0 Å². The molecule has 0 saturated carbocycles. The van der Waals surface area contributed by atoms with E-state index in [1.807, 2.05) is 13.8 Å². The number of nitrogens with one attached hydrogen (secondary N) is 1. The van der Waals surface area contributed by atoms with Gasteiger partial charge in [0, 0.05) is 13.0 Å². The van der Waals surface area contributed by atoms with Gasteiger partial charge in [-0.15, -0.1) is 0 Å². The van der Waals surface area contributed by atoms with Crippen LogP contribution < -0.4 is 4.72 Å². The standard InChI is InChI=1S/C19H29NO4S/c1-14(2)19(11-8-16(4)12-13-24-17(5)21)20-25(22,23)18-9-6-15(3)7-10-18/h6-7,9-10,16,19-20H,1,8,11-13H2,2-5H3. The second-order valence-corrected chi connectivity index (χ2v) is 8.36. The molecule has 0 aliphatic carbocycles. The molecule has 2 atom stereocenters. The van der Waals surface area contributed by atoms with Crippen molar-refractivity contribution in [1.82, 2.24) is 4.72 Å². The minimum Gasteiger partial charge on any atom is -0.466 e. The first-order valence-corrected chi connectivity index (χ1v) is 9.98. The van der Waals surface area contributed by atoms with Crippen LogP contribution in [0.2, 0.25) is 0 Å². The Morgan fingerprint density at radius 2 is 1.76 bits per heavy atom. The van der Waals surface area contributed by atoms with Crippen LogP contribution in [0.5, 0.6) is 0 Å². The summed E-state index contributed by atoms with van der Waals surface area (Å²) < 4.78 is 32.8. The minimum atomic E-state index is -3.58. The smallest absolute Gasteiger partial charge is 0.302 e. The molecule has 0 saturated heterocycles. The number of hydrogen-bond acceptors (Lipinski definition) is 4. The number of benzene rings is 1. The molecule has 1 aromatic rings. The molecule has 0 fully saturated rings. The summed E-state index contributed by atoms with van der Waals surface area (Å²) in [5.41, 5.74) is 1.79. The van der Waals surface area contributed by atoms with Gasteiger partial charge in [-0.1, -0.05) is 36.8 Å². The Bertz CT molecular complexity index is 680. The maximum atomic E-state index is 12.5. The third-order valence-corrected chi connectivity index (χ3v) is 5.58. The Morgan fingerprint density at radius 1 is 1.16 bits per heavy atom. The van der Waals surface area contributed by atoms with Crippen LogP contribution in [-0.2, 0) is 19.6 Å². The van der Waals surface area contributed by atoms with Gasteiger partial charge < -0.3 is 4.74 Å². The summed E-state index contributed by atoms with van der Waals surface area (Å²) in [4.78, 5) is 11.0. The molecule has 6 heteroatoms. The number of esters is 1. The molecule has 140 valence electrons. The van der Waals surface area contributed by atoms with E-state index in [2.05, 4.69) is 18.2 Å². The van der Waals surface area contributed by atoms with Gasteiger partial charge >= 0.3 is 5.97 Å². The van der Waals surface area contributed by atoms with Crippen molar-refractivity contribution < 1.29 is 17.9 Å². The van der Waals surface area contributed by atoms with Crippen molar-refractivity contribution in [3.05, 3.63) is 42.0 Å². The monoisotopic (exact) mass is 367 g/mol. The lowest BCUT2D eigenvalue weighted by Crippen LogP contribution is -2.35. The lowest BCUT2D eigenvalue weighted by atomic mass is 9.97. The largest absolute Gasteiger partial charge is 0.466 e. The average Bonchev–Trinajstić information content (AvgIpc) is 2.51. The molecule has 0 aliphatic heterocycles. The lowest BCUT2D eigenvalue weighted by Gasteiger charge is -2.21. The highest BCUT2D eigenvalue weighted by atomic mass is 32.2. The number of carbonyl (C=O) groups is 1. The Kier molecular flexibility index (Phi) is 8.32. The topological polar surface area (TPSA) is 72.5 Å². The van der Waals surface area contributed by atoms with E-state index in [1.165, 1.54) is 6.92 Å². The van der Waals surface area contributed by atoms with Crippen LogP contribution in [0.25, 0.3) is 0 Å². The predicted molar refractivity (Wildman–Crippen MR) is 99.8 cm³/mol. The van der Waals surface area contributed by atoms with Crippen LogP contribution in [0, 0.1) is 12.8 Å². The van der Waals surface area contributed by atoms with Crippen molar-refractivity contribution in [3.8, 4) is 0 Å². The molecule has 0 spiro atoms. The van der Waals surface area contributed by atoms with Crippen molar-refractivity contribution in [2.75, 3.05) is 6.61 Å². The maximum absolute atomic E-state index is 12.5. The molecule has 1 rings (SSSR count). The van der Waals surface area contributed by atoms with Crippen LogP contribution in [0.15, 0.2) is 41.3 Å². The number of aryl methyl sites for hydroxylation is 1. The number of rotatable bonds is 10. The van der Waals surface area contributed by atoms with Gasteiger partial charge in [0.2, 0.25) is 10.0 Å². The van der Waals surface area contributed by atoms with Gasteiger partial charge in [0.05, 0.1) is 11.5 Å². The van der Waals surface area contributed by atoms with Gasteiger partial charge in [-0.2, -0.15) is 0 Å². The van der Waals surface area contributed by atoms with Crippen LogP contribution in [0.4, 0.5) is 0 Å². The van der Waals surface area contributed by atoms with Crippen LogP contribution in [0.3, 0.4) is 0 Å². The summed E-state index contributed by atoms with van der Waals surface area (Å²) in [6, 6.07) is 6.45. The van der Waals surface area contributed by atoms with E-state index in [-0.39, 0.29) is 16.9 Å². The quantitative estimate of drug-likeness (QED) is 0.507. The molecule has 0 aromatic heterocycles. The molecule has 5 nitrogen and oxygen atoms in total. The van der Waals surface area contributed by atoms with Crippen LogP contribution >= 0.6 is 0 Å². The molecule has 0 heterocycles. The molecule has 1 aromatic carbocycles. The van der Waals surface area contributed by atoms with Crippen LogP contribution in [0.1, 0.15) is 45.6 Å². The first kappa shape index (κ1) is 21.4. The summed E-state index contributed by atoms with van der Waals surface area (Å²) in [6.45, 7) is 11.5. The Labute approximate surface area is 151 Å². The summed E-state index contributed by atoms with van der Waals surface area (Å²) in [7, 11) is -3.58. The minimum absolute atomic E-state index is 0.257. The maximum Gasteiger partial charge on any atom is 0.302 e. The number of hydrogen-bond donors (Lipinski definition) is 1. The number of sulfonamides is 1. The molecular formula is C19H29NO4S. The Hall–Kier alpha value is -1.66. The molecule has 2 unspecified atom stereocenters. The van der Waals surface area contributed by atoms with Gasteiger partial charge in [0.1, 0.15) is 0 Å². The molecule has 1 N–H and O–H groups in total. The van der Waals surface area contributed by atoms with Crippen molar-refractivity contribution in [2.24, 2.45) is 5.92 Å². The van der Waals surface area contributed by atoms with E-state index in [9.17, 15) is 13.2 Å². The van der Waals surface area contributed by atoms with Gasteiger partial charge in [0.25, 0.3) is 0 Å². The van der Waals surface area contributed by atoms with Crippen molar-refractivity contribution in [2.45, 2.75) is 57.9 Å². The Balaban J connectivity index is 2.63. The van der Waals surface area contributed by atoms with Crippen LogP contribution in [-0.4, -0.2) is 27.0 Å². The zero-order valence-corrected chi connectivity index (χ0v) is 16.4. The molecule has 0 aliphatic rings. The fourth-order valence-electron chi connectivity index (χ4n) is 2.38. The molecule has 0 radical (unpaired) electrons. The summed E-state index contributed by atoms with van der Waals surface area (Å²) in [5.74, 6) is 0.0444. The third-order valence-electron chi connectivity index (χ3n) is 4.09. The van der Waals surface area contributed by atoms with Gasteiger partial charge in [0.15, 0.2) is 0 Å². The highest BCUT2D eigenvalue weighted by Crippen LogP contribution is 2.18. The van der Waals surface area contributed by atoms with E-state index in [0.717, 1.165) is 24.0 Å². The number of carbonyl (C=O) groups excluding carboxylic acids is 1. The number of ether oxygens (including phenoxy) is 1. The lowest BCUT2D eigenvalue weighted by molar-refractivity contribution is -0.141. The van der Waals surface area contributed by atoms with E-state index in [0.29, 0.717) is 18.9 Å². The summed E-state index contributed by atoms with van der Waals surface area (Å²) >= 11 is 0. The zero-order chi connectivity index (χ0) is 19.0. The fourth-order valence-corrected chi connectivity index (χ4v) is 3.70. The SMILES string of the molecule is C=C(C)C(CCC(C)CCOC(C)=O)NS(=O)(=O)c1ccc(C)cc1. The first-order valence-electron chi connectivity index (χ1n) is 8.49. The Morgan fingerprint density at radius 3 is 2.28 bits per heavy atom. The highest BCUT2D eigenvalue weighted by molar-refractivity contribution is 7.89. The predicted octanol–water partition coefficient (Wildman–Crippen LogP) is 3.59. The van der Waals surface area contributed by atoms with Crippen molar-refractivity contribution >= 4 is 16.0 Å². The molecule has 25 heavy (non-hydrogen) atoms. The van der Waals surface area contributed by atoms with Gasteiger partial charge in [-0.25, -0.2) is 13.1 Å². The molecular weight excluding hydrogens is 338 g/mol. The molecule has 0 bridgehead atoms. The molecule has 0 amide bonds. The van der Waals surface area contributed by atoms with Gasteiger partial charge in [-0.3, -0.25) is 4.79 Å². The third kappa shape index (κ3) is 7.84. The summed E-state index contributed by atoms with van der Waals surface area (Å²) in [5, 5.41) is 0. The second kappa shape index (κ2) is 9.73. The second-order valence-electron chi connectivity index (χ2n) is 6.64. The van der Waals surface area contributed by atoms with Crippen molar-refractivity contribution in [3.63, 3.8) is 0 Å². The van der Waals surface area contributed by atoms with E-state index >= 15 is 0 Å². The van der Waals surface area contributed by atoms with E-state index < -0.39 is 10.0 Å². The van der Waals surface area contributed by atoms with E-state index in [1.54, 1.807) is 24.3 Å². The normalized spacial score (nSPS) is 13.9. The fraction of sp³-hybridized carbons (Fsp3) is 0.526. The summed E-state index contributed by atoms with van der Waals surface area (Å²) in [6.07, 6.45) is 2.23. The first-order chi connectivity index (χ1) is 11.6. The average molecular weight is 368 g/mol.